The Balaban J connectivity index is 4.50. The Kier molecular flexibility index (Phi) is 64.3. The molecule has 0 aliphatic carbocycles. The standard InChI is InChI=1S/C75H124O6/c1-4-7-10-13-16-19-22-25-28-31-34-36-37-39-41-44-47-50-53-56-59-62-65-68-74(77)80-71-72(70-79-73(76)67-64-61-58-55-52-49-46-43-40-33-30-27-24-21-18-15-12-9-6-3)81-75(78)69-66-63-60-57-54-51-48-45-42-38-35-32-29-26-23-20-17-14-11-8-5-2/h7-8,10-11,16-17,19-20,25-26,28-29,34-36,38-39,41,47,50,56,59,72H,4-6,9,12-15,18,21-24,27,30-33,37,40,42-46,48-49,51-55,57-58,60-71H2,1-3H3/b10-7-,11-8-,19-16-,20-17-,28-25-,29-26-,36-34-,38-35-,41-39-,50-47-,59-56-. The summed E-state index contributed by atoms with van der Waals surface area (Å²) in [6.07, 6.45) is 96.1. The summed E-state index contributed by atoms with van der Waals surface area (Å²) in [6.45, 7) is 6.39. The Morgan fingerprint density at radius 3 is 0.802 bits per heavy atom. The molecular formula is C75H124O6. The average Bonchev–Trinajstić information content (AvgIpc) is 3.47. The van der Waals surface area contributed by atoms with Gasteiger partial charge >= 0.3 is 17.9 Å². The van der Waals surface area contributed by atoms with Gasteiger partial charge in [-0.1, -0.05) is 309 Å². The molecule has 0 fully saturated rings. The summed E-state index contributed by atoms with van der Waals surface area (Å²) in [7, 11) is 0. The minimum absolute atomic E-state index is 0.101. The van der Waals surface area contributed by atoms with E-state index in [0.29, 0.717) is 19.3 Å². The molecule has 0 spiro atoms. The van der Waals surface area contributed by atoms with Crippen LogP contribution in [0.15, 0.2) is 134 Å². The van der Waals surface area contributed by atoms with Crippen molar-refractivity contribution in [3.63, 3.8) is 0 Å². The number of unbranched alkanes of at least 4 members (excludes halogenated alkanes) is 27. The highest BCUT2D eigenvalue weighted by atomic mass is 16.6. The molecule has 460 valence electrons. The van der Waals surface area contributed by atoms with Crippen LogP contribution in [0.25, 0.3) is 0 Å². The topological polar surface area (TPSA) is 78.9 Å². The van der Waals surface area contributed by atoms with E-state index < -0.39 is 6.10 Å². The SMILES string of the molecule is CC/C=C\C/C=C\C/C=C\C/C=C\C/C=C\C/C=C\C/C=C\CCCC(=O)OCC(COC(=O)CCCCCCCCCCCCCCCCCCCCC)OC(=O)CCCCCCCCCC/C=C\C/C=C\C/C=C\C/C=C\CC. The summed E-state index contributed by atoms with van der Waals surface area (Å²) >= 11 is 0. The van der Waals surface area contributed by atoms with Crippen LogP contribution >= 0.6 is 0 Å². The molecule has 0 aromatic rings. The van der Waals surface area contributed by atoms with Crippen LogP contribution in [-0.4, -0.2) is 37.2 Å². The average molecular weight is 1120 g/mol. The fourth-order valence-electron chi connectivity index (χ4n) is 9.19. The van der Waals surface area contributed by atoms with Crippen LogP contribution in [0.5, 0.6) is 0 Å². The second-order valence-electron chi connectivity index (χ2n) is 22.0. The number of carbonyl (C=O) groups excluding carboxylic acids is 3. The highest BCUT2D eigenvalue weighted by Crippen LogP contribution is 2.17. The predicted octanol–water partition coefficient (Wildman–Crippen LogP) is 23.3. The zero-order chi connectivity index (χ0) is 58.5. The lowest BCUT2D eigenvalue weighted by Crippen LogP contribution is -2.30. The van der Waals surface area contributed by atoms with Crippen LogP contribution in [0.1, 0.15) is 303 Å². The molecule has 1 atom stereocenters. The number of esters is 3. The summed E-state index contributed by atoms with van der Waals surface area (Å²) in [5.41, 5.74) is 0. The fraction of sp³-hybridized carbons (Fsp3) is 0.667. The monoisotopic (exact) mass is 1120 g/mol. The molecule has 0 bridgehead atoms. The maximum absolute atomic E-state index is 12.9. The molecule has 0 aromatic carbocycles. The number of rotatable bonds is 60. The number of carbonyl (C=O) groups is 3. The molecule has 0 saturated carbocycles. The smallest absolute Gasteiger partial charge is 0.306 e. The van der Waals surface area contributed by atoms with Gasteiger partial charge in [0.25, 0.3) is 0 Å². The molecule has 6 nitrogen and oxygen atoms in total. The van der Waals surface area contributed by atoms with Crippen LogP contribution in [0.2, 0.25) is 0 Å². The number of allylic oxidation sites excluding steroid dienone is 22. The third-order valence-electron chi connectivity index (χ3n) is 14.2. The van der Waals surface area contributed by atoms with Gasteiger partial charge in [0, 0.05) is 19.3 Å². The molecule has 0 aromatic heterocycles. The van der Waals surface area contributed by atoms with Gasteiger partial charge in [-0.2, -0.15) is 0 Å². The van der Waals surface area contributed by atoms with E-state index in [2.05, 4.69) is 154 Å². The van der Waals surface area contributed by atoms with Gasteiger partial charge in [0.1, 0.15) is 13.2 Å². The Hall–Kier alpha value is -4.45. The first-order valence-electron chi connectivity index (χ1n) is 33.7. The van der Waals surface area contributed by atoms with Crippen LogP contribution in [-0.2, 0) is 28.6 Å². The van der Waals surface area contributed by atoms with Gasteiger partial charge in [-0.15, -0.1) is 0 Å². The lowest BCUT2D eigenvalue weighted by Gasteiger charge is -2.18. The molecule has 6 heteroatoms. The second-order valence-corrected chi connectivity index (χ2v) is 22.0. The molecule has 0 saturated heterocycles. The lowest BCUT2D eigenvalue weighted by molar-refractivity contribution is -0.167. The van der Waals surface area contributed by atoms with Gasteiger partial charge in [0.2, 0.25) is 0 Å². The van der Waals surface area contributed by atoms with Crippen molar-refractivity contribution in [1.29, 1.82) is 0 Å². The third-order valence-corrected chi connectivity index (χ3v) is 14.2. The Labute approximate surface area is 500 Å². The van der Waals surface area contributed by atoms with Gasteiger partial charge in [-0.25, -0.2) is 0 Å². The molecule has 0 rings (SSSR count). The van der Waals surface area contributed by atoms with Crippen molar-refractivity contribution in [2.45, 2.75) is 309 Å². The summed E-state index contributed by atoms with van der Waals surface area (Å²) < 4.78 is 16.9. The quantitative estimate of drug-likeness (QED) is 0.0261. The number of ether oxygens (including phenoxy) is 3. The molecule has 0 aliphatic rings. The van der Waals surface area contributed by atoms with E-state index in [1.165, 1.54) is 135 Å². The van der Waals surface area contributed by atoms with Gasteiger partial charge in [0.05, 0.1) is 0 Å². The molecule has 81 heavy (non-hydrogen) atoms. The third kappa shape index (κ3) is 66.2. The van der Waals surface area contributed by atoms with Crippen molar-refractivity contribution in [2.75, 3.05) is 13.2 Å². The van der Waals surface area contributed by atoms with E-state index in [1.54, 1.807) is 0 Å². The van der Waals surface area contributed by atoms with Crippen molar-refractivity contribution in [3.8, 4) is 0 Å². The summed E-state index contributed by atoms with van der Waals surface area (Å²) in [4.78, 5) is 38.4. The first kappa shape index (κ1) is 76.5. The lowest BCUT2D eigenvalue weighted by atomic mass is 10.0. The van der Waals surface area contributed by atoms with Crippen LogP contribution in [0.3, 0.4) is 0 Å². The predicted molar refractivity (Wildman–Crippen MR) is 353 cm³/mol. The Morgan fingerprint density at radius 1 is 0.259 bits per heavy atom. The number of hydrogen-bond donors (Lipinski definition) is 0. The summed E-state index contributed by atoms with van der Waals surface area (Å²) in [5.74, 6) is -0.963. The number of hydrogen-bond acceptors (Lipinski definition) is 6. The highest BCUT2D eigenvalue weighted by Gasteiger charge is 2.19. The highest BCUT2D eigenvalue weighted by molar-refractivity contribution is 5.71. The first-order chi connectivity index (χ1) is 40.0. The molecule has 0 heterocycles. The van der Waals surface area contributed by atoms with E-state index >= 15 is 0 Å². The molecule has 0 N–H and O–H groups in total. The van der Waals surface area contributed by atoms with E-state index in [0.717, 1.165) is 122 Å². The van der Waals surface area contributed by atoms with E-state index in [1.807, 2.05) is 0 Å². The van der Waals surface area contributed by atoms with E-state index in [-0.39, 0.29) is 37.5 Å². The molecule has 1 unspecified atom stereocenters. The Morgan fingerprint density at radius 2 is 0.494 bits per heavy atom. The van der Waals surface area contributed by atoms with Crippen LogP contribution < -0.4 is 0 Å². The van der Waals surface area contributed by atoms with Crippen LogP contribution in [0.4, 0.5) is 0 Å². The van der Waals surface area contributed by atoms with Crippen LogP contribution in [0, 0.1) is 0 Å². The zero-order valence-corrected chi connectivity index (χ0v) is 52.8. The maximum atomic E-state index is 12.9. The van der Waals surface area contributed by atoms with Gasteiger partial charge in [0.15, 0.2) is 6.10 Å². The summed E-state index contributed by atoms with van der Waals surface area (Å²) in [5, 5.41) is 0. The van der Waals surface area contributed by atoms with Crippen molar-refractivity contribution in [3.05, 3.63) is 134 Å². The second kappa shape index (κ2) is 68.1. The molecule has 0 amide bonds. The fourth-order valence-corrected chi connectivity index (χ4v) is 9.19. The minimum Gasteiger partial charge on any atom is -0.462 e. The first-order valence-corrected chi connectivity index (χ1v) is 33.7. The summed E-state index contributed by atoms with van der Waals surface area (Å²) in [6, 6.07) is 0. The van der Waals surface area contributed by atoms with Crippen molar-refractivity contribution in [1.82, 2.24) is 0 Å². The molecule has 0 aliphatic heterocycles. The molecular weight excluding hydrogens is 997 g/mol. The largest absolute Gasteiger partial charge is 0.462 e. The van der Waals surface area contributed by atoms with E-state index in [9.17, 15) is 14.4 Å². The zero-order valence-electron chi connectivity index (χ0n) is 52.8. The van der Waals surface area contributed by atoms with Gasteiger partial charge < -0.3 is 14.2 Å². The van der Waals surface area contributed by atoms with E-state index in [4.69, 9.17) is 14.2 Å². The molecule has 0 radical (unpaired) electrons. The Bertz CT molecular complexity index is 1720. The van der Waals surface area contributed by atoms with Crippen molar-refractivity contribution < 1.29 is 28.6 Å². The van der Waals surface area contributed by atoms with Crippen molar-refractivity contribution in [2.24, 2.45) is 0 Å². The van der Waals surface area contributed by atoms with Gasteiger partial charge in [-0.05, 0) is 109 Å². The van der Waals surface area contributed by atoms with Crippen molar-refractivity contribution >= 4 is 17.9 Å². The normalized spacial score (nSPS) is 13.0. The van der Waals surface area contributed by atoms with Gasteiger partial charge in [-0.3, -0.25) is 14.4 Å². The maximum Gasteiger partial charge on any atom is 0.306 e. The minimum atomic E-state index is -0.812.